The molecule has 0 saturated heterocycles. The fourth-order valence-electron chi connectivity index (χ4n) is 7.93. The number of pyridine rings is 1. The summed E-state index contributed by atoms with van der Waals surface area (Å²) in [6.07, 6.45) is 1.82. The first-order chi connectivity index (χ1) is 25.5. The molecule has 0 aliphatic heterocycles. The second kappa shape index (κ2) is 11.7. The first kappa shape index (κ1) is 30.1. The van der Waals surface area contributed by atoms with Crippen LogP contribution in [0.3, 0.4) is 0 Å². The summed E-state index contributed by atoms with van der Waals surface area (Å²) in [5.41, 5.74) is 13.5. The van der Waals surface area contributed by atoms with Gasteiger partial charge in [0.1, 0.15) is 11.2 Å². The number of nitrogens with zero attached hydrogens (tertiary/aromatic N) is 4. The average molecular weight is 669 g/mol. The summed E-state index contributed by atoms with van der Waals surface area (Å²) in [5.74, 6) is 1.89. The standard InChI is InChI=1S/C47H32N4O/c1-47(2)38-18-7-6-14-33(38)34-15-10-17-36(43(34)47)46-50-44(31-12-4-3-5-13-31)49-45(51-46)35-16-11-20-41-42(35)37-28-32(25-26-40(37)52-41)29-21-23-30(24-22-29)39-19-8-9-27-48-39/h3-28H,1-2H3. The summed E-state index contributed by atoms with van der Waals surface area (Å²) in [7, 11) is 0. The van der Waals surface area contributed by atoms with Gasteiger partial charge in [-0.1, -0.05) is 135 Å². The quantitative estimate of drug-likeness (QED) is 0.183. The van der Waals surface area contributed by atoms with Crippen LogP contribution in [0.15, 0.2) is 162 Å². The maximum absolute atomic E-state index is 6.46. The van der Waals surface area contributed by atoms with Gasteiger partial charge in [-0.3, -0.25) is 4.98 Å². The number of benzene rings is 6. The summed E-state index contributed by atoms with van der Waals surface area (Å²) in [6, 6.07) is 52.4. The molecule has 0 saturated carbocycles. The normalized spacial score (nSPS) is 13.0. The Hall–Kier alpha value is -6.72. The van der Waals surface area contributed by atoms with Crippen LogP contribution in [0.5, 0.6) is 0 Å². The number of rotatable bonds is 5. The van der Waals surface area contributed by atoms with Gasteiger partial charge in [0.25, 0.3) is 0 Å². The molecule has 3 aromatic heterocycles. The van der Waals surface area contributed by atoms with Crippen molar-refractivity contribution in [3.05, 3.63) is 169 Å². The van der Waals surface area contributed by atoms with Crippen LogP contribution in [-0.2, 0) is 5.41 Å². The third-order valence-corrected chi connectivity index (χ3v) is 10.4. The lowest BCUT2D eigenvalue weighted by Crippen LogP contribution is -2.17. The van der Waals surface area contributed by atoms with Crippen molar-refractivity contribution < 1.29 is 4.42 Å². The van der Waals surface area contributed by atoms with E-state index in [1.54, 1.807) is 0 Å². The SMILES string of the molecule is CC1(C)c2ccccc2-c2cccc(-c3nc(-c4ccccc4)nc(-c4cccc5oc6ccc(-c7ccc(-c8ccccn8)cc7)cc6c45)n3)c21. The molecule has 0 fully saturated rings. The van der Waals surface area contributed by atoms with Gasteiger partial charge in [0.2, 0.25) is 0 Å². The molecule has 3 heterocycles. The van der Waals surface area contributed by atoms with Crippen molar-refractivity contribution in [3.8, 4) is 67.7 Å². The van der Waals surface area contributed by atoms with E-state index in [1.165, 1.54) is 22.3 Å². The van der Waals surface area contributed by atoms with Crippen molar-refractivity contribution in [1.82, 2.24) is 19.9 Å². The molecule has 0 amide bonds. The van der Waals surface area contributed by atoms with E-state index in [0.29, 0.717) is 17.5 Å². The summed E-state index contributed by atoms with van der Waals surface area (Å²) in [5, 5.41) is 1.99. The predicted octanol–water partition coefficient (Wildman–Crippen LogP) is 11.8. The molecule has 1 aliphatic carbocycles. The van der Waals surface area contributed by atoms with Crippen molar-refractivity contribution in [2.45, 2.75) is 19.3 Å². The third-order valence-electron chi connectivity index (χ3n) is 10.4. The Labute approximate surface area is 301 Å². The summed E-state index contributed by atoms with van der Waals surface area (Å²) >= 11 is 0. The van der Waals surface area contributed by atoms with Crippen LogP contribution < -0.4 is 0 Å². The summed E-state index contributed by atoms with van der Waals surface area (Å²) < 4.78 is 6.46. The van der Waals surface area contributed by atoms with Crippen molar-refractivity contribution in [3.63, 3.8) is 0 Å². The zero-order chi connectivity index (χ0) is 34.8. The maximum Gasteiger partial charge on any atom is 0.164 e. The fraction of sp³-hybridized carbons (Fsp3) is 0.0638. The molecule has 0 radical (unpaired) electrons. The minimum absolute atomic E-state index is 0.227. The molecule has 246 valence electrons. The Morgan fingerprint density at radius 3 is 1.94 bits per heavy atom. The van der Waals surface area contributed by atoms with Crippen LogP contribution in [0.2, 0.25) is 0 Å². The van der Waals surface area contributed by atoms with Gasteiger partial charge in [-0.2, -0.15) is 0 Å². The molecular formula is C47H32N4O. The van der Waals surface area contributed by atoms with E-state index in [4.69, 9.17) is 19.4 Å². The molecule has 5 heteroatoms. The van der Waals surface area contributed by atoms with E-state index < -0.39 is 0 Å². The lowest BCUT2D eigenvalue weighted by Gasteiger charge is -2.24. The largest absolute Gasteiger partial charge is 0.456 e. The molecule has 0 atom stereocenters. The van der Waals surface area contributed by atoms with Gasteiger partial charge in [-0.15, -0.1) is 0 Å². The average Bonchev–Trinajstić information content (AvgIpc) is 3.70. The van der Waals surface area contributed by atoms with E-state index in [2.05, 4.69) is 122 Å². The molecule has 0 unspecified atom stereocenters. The van der Waals surface area contributed by atoms with Crippen LogP contribution in [0.4, 0.5) is 0 Å². The first-order valence-electron chi connectivity index (χ1n) is 17.6. The fourth-order valence-corrected chi connectivity index (χ4v) is 7.93. The number of hydrogen-bond acceptors (Lipinski definition) is 5. The molecule has 9 aromatic rings. The number of fused-ring (bicyclic) bond motifs is 6. The smallest absolute Gasteiger partial charge is 0.164 e. The monoisotopic (exact) mass is 668 g/mol. The molecule has 0 spiro atoms. The van der Waals surface area contributed by atoms with Gasteiger partial charge in [0.05, 0.1) is 5.69 Å². The van der Waals surface area contributed by atoms with E-state index in [-0.39, 0.29) is 5.41 Å². The Morgan fingerprint density at radius 2 is 1.12 bits per heavy atom. The third kappa shape index (κ3) is 4.78. The lowest BCUT2D eigenvalue weighted by molar-refractivity contribution is 0.661. The highest BCUT2D eigenvalue weighted by Gasteiger charge is 2.38. The summed E-state index contributed by atoms with van der Waals surface area (Å²) in [6.45, 7) is 4.59. The van der Waals surface area contributed by atoms with E-state index in [0.717, 1.165) is 61.0 Å². The molecule has 0 bridgehead atoms. The number of furan rings is 1. The minimum Gasteiger partial charge on any atom is -0.456 e. The van der Waals surface area contributed by atoms with Gasteiger partial charge in [-0.05, 0) is 63.7 Å². The molecule has 10 rings (SSSR count). The van der Waals surface area contributed by atoms with E-state index in [9.17, 15) is 0 Å². The predicted molar refractivity (Wildman–Crippen MR) is 210 cm³/mol. The zero-order valence-electron chi connectivity index (χ0n) is 28.7. The number of aromatic nitrogens is 4. The van der Waals surface area contributed by atoms with Gasteiger partial charge in [0, 0.05) is 44.6 Å². The number of hydrogen-bond donors (Lipinski definition) is 0. The Kier molecular flexibility index (Phi) is 6.77. The Morgan fingerprint density at radius 1 is 0.462 bits per heavy atom. The molecular weight excluding hydrogens is 637 g/mol. The molecule has 1 aliphatic rings. The van der Waals surface area contributed by atoms with Gasteiger partial charge in [0.15, 0.2) is 17.5 Å². The minimum atomic E-state index is -0.227. The first-order valence-corrected chi connectivity index (χ1v) is 17.6. The van der Waals surface area contributed by atoms with Crippen molar-refractivity contribution in [2.24, 2.45) is 0 Å². The highest BCUT2D eigenvalue weighted by molar-refractivity contribution is 6.12. The van der Waals surface area contributed by atoms with Gasteiger partial charge < -0.3 is 4.42 Å². The second-order valence-corrected chi connectivity index (χ2v) is 13.9. The van der Waals surface area contributed by atoms with Gasteiger partial charge in [-0.25, -0.2) is 15.0 Å². The second-order valence-electron chi connectivity index (χ2n) is 13.9. The molecule has 52 heavy (non-hydrogen) atoms. The van der Waals surface area contributed by atoms with E-state index in [1.807, 2.05) is 54.7 Å². The van der Waals surface area contributed by atoms with Crippen molar-refractivity contribution in [2.75, 3.05) is 0 Å². The lowest BCUT2D eigenvalue weighted by atomic mass is 9.80. The van der Waals surface area contributed by atoms with Gasteiger partial charge >= 0.3 is 0 Å². The Bertz CT molecular complexity index is 2800. The van der Waals surface area contributed by atoms with Crippen LogP contribution in [0.1, 0.15) is 25.0 Å². The maximum atomic E-state index is 6.46. The highest BCUT2D eigenvalue weighted by atomic mass is 16.3. The topological polar surface area (TPSA) is 64.7 Å². The zero-order valence-corrected chi connectivity index (χ0v) is 28.7. The van der Waals surface area contributed by atoms with Crippen LogP contribution in [0.25, 0.3) is 89.6 Å². The van der Waals surface area contributed by atoms with Crippen LogP contribution in [-0.4, -0.2) is 19.9 Å². The summed E-state index contributed by atoms with van der Waals surface area (Å²) in [4.78, 5) is 20.1. The van der Waals surface area contributed by atoms with Crippen molar-refractivity contribution in [1.29, 1.82) is 0 Å². The van der Waals surface area contributed by atoms with Crippen molar-refractivity contribution >= 4 is 21.9 Å². The van der Waals surface area contributed by atoms with Crippen LogP contribution in [0, 0.1) is 0 Å². The Balaban J connectivity index is 1.16. The molecule has 6 aromatic carbocycles. The molecule has 0 N–H and O–H groups in total. The van der Waals surface area contributed by atoms with E-state index >= 15 is 0 Å². The molecule has 5 nitrogen and oxygen atoms in total. The highest BCUT2D eigenvalue weighted by Crippen LogP contribution is 2.52. The van der Waals surface area contributed by atoms with Crippen LogP contribution >= 0.6 is 0 Å².